The molecule has 0 aromatic heterocycles. The highest BCUT2D eigenvalue weighted by molar-refractivity contribution is 6.10. The van der Waals surface area contributed by atoms with Crippen LogP contribution in [0.4, 0.5) is 0 Å². The zero-order valence-corrected chi connectivity index (χ0v) is 10.2. The van der Waals surface area contributed by atoms with Crippen molar-refractivity contribution in [3.05, 3.63) is 71.8 Å². The Labute approximate surface area is 102 Å². The molecular formula is C16H16O. The second-order valence-corrected chi connectivity index (χ2v) is 4.83. The molecule has 1 heteroatoms. The molecule has 1 nitrogen and oxygen atoms in total. The third kappa shape index (κ3) is 2.82. The lowest BCUT2D eigenvalue weighted by Crippen LogP contribution is -2.03. The van der Waals surface area contributed by atoms with Crippen LogP contribution in [0.1, 0.15) is 24.2 Å². The highest BCUT2D eigenvalue weighted by atomic mass is 16.1. The maximum Gasteiger partial charge on any atom is 0.193 e. The minimum atomic E-state index is 0.00914. The summed E-state index contributed by atoms with van der Waals surface area (Å²) in [6.45, 7) is 4.23. The number of hydrogen-bond acceptors (Lipinski definition) is 1. The Morgan fingerprint density at radius 3 is 2.47 bits per heavy atom. The van der Waals surface area contributed by atoms with Gasteiger partial charge in [0.15, 0.2) is 5.78 Å². The van der Waals surface area contributed by atoms with E-state index in [0.717, 1.165) is 11.1 Å². The molecule has 0 saturated heterocycles. The van der Waals surface area contributed by atoms with Crippen molar-refractivity contribution in [2.75, 3.05) is 0 Å². The molecule has 1 aromatic rings. The minimum Gasteiger partial charge on any atom is -0.289 e. The molecule has 0 aliphatic heterocycles. The number of rotatable bonds is 2. The van der Waals surface area contributed by atoms with Crippen molar-refractivity contribution >= 4 is 5.78 Å². The van der Waals surface area contributed by atoms with Gasteiger partial charge in [0.2, 0.25) is 0 Å². The Kier molecular flexibility index (Phi) is 3.10. The first-order valence-corrected chi connectivity index (χ1v) is 5.77. The first-order valence-electron chi connectivity index (χ1n) is 5.77. The number of benzene rings is 1. The number of allylic oxidation sites excluding steroid dienone is 6. The number of carbonyl (C=O) groups is 1. The molecule has 0 spiro atoms. The Morgan fingerprint density at radius 2 is 1.76 bits per heavy atom. The molecule has 0 atom stereocenters. The lowest BCUT2D eigenvalue weighted by atomic mass is 9.93. The van der Waals surface area contributed by atoms with Gasteiger partial charge in [-0.1, -0.05) is 74.6 Å². The monoisotopic (exact) mass is 224 g/mol. The average molecular weight is 224 g/mol. The van der Waals surface area contributed by atoms with Crippen LogP contribution in [0, 0.1) is 5.41 Å². The first-order chi connectivity index (χ1) is 8.08. The van der Waals surface area contributed by atoms with Gasteiger partial charge in [0, 0.05) is 16.6 Å². The quantitative estimate of drug-likeness (QED) is 0.695. The Hall–Kier alpha value is -1.89. The molecule has 86 valence electrons. The number of Topliss-reactive ketones (excluding diaryl/α,β-unsaturated/α-hetero) is 1. The fourth-order valence-electron chi connectivity index (χ4n) is 1.72. The predicted octanol–water partition coefficient (Wildman–Crippen LogP) is 3.95. The SMILES string of the molecule is CC1(C)C=CC=C(C(=O)c2ccccc2)C=C1. The highest BCUT2D eigenvalue weighted by Gasteiger charge is 2.14. The maximum atomic E-state index is 12.2. The van der Waals surface area contributed by atoms with Crippen molar-refractivity contribution in [3.63, 3.8) is 0 Å². The summed E-state index contributed by atoms with van der Waals surface area (Å²) in [6.07, 6.45) is 9.89. The fourth-order valence-corrected chi connectivity index (χ4v) is 1.72. The van der Waals surface area contributed by atoms with Crippen molar-refractivity contribution in [2.45, 2.75) is 13.8 Å². The minimum absolute atomic E-state index is 0.00914. The Morgan fingerprint density at radius 1 is 1.06 bits per heavy atom. The molecule has 0 heterocycles. The van der Waals surface area contributed by atoms with E-state index >= 15 is 0 Å². The predicted molar refractivity (Wildman–Crippen MR) is 70.9 cm³/mol. The van der Waals surface area contributed by atoms with Crippen LogP contribution < -0.4 is 0 Å². The molecular weight excluding hydrogens is 208 g/mol. The van der Waals surface area contributed by atoms with Crippen LogP contribution in [0.25, 0.3) is 0 Å². The maximum absolute atomic E-state index is 12.2. The van der Waals surface area contributed by atoms with Gasteiger partial charge >= 0.3 is 0 Å². The summed E-state index contributed by atoms with van der Waals surface area (Å²) in [5.74, 6) is 0.0733. The zero-order valence-electron chi connectivity index (χ0n) is 10.2. The number of hydrogen-bond donors (Lipinski definition) is 0. The van der Waals surface area contributed by atoms with Crippen LogP contribution in [0.2, 0.25) is 0 Å². The molecule has 0 N–H and O–H groups in total. The summed E-state index contributed by atoms with van der Waals surface area (Å²) in [5.41, 5.74) is 1.48. The van der Waals surface area contributed by atoms with Crippen molar-refractivity contribution < 1.29 is 4.79 Å². The summed E-state index contributed by atoms with van der Waals surface area (Å²) >= 11 is 0. The van der Waals surface area contributed by atoms with E-state index in [9.17, 15) is 4.79 Å². The van der Waals surface area contributed by atoms with Crippen molar-refractivity contribution in [2.24, 2.45) is 5.41 Å². The van der Waals surface area contributed by atoms with Crippen LogP contribution in [0.15, 0.2) is 66.3 Å². The molecule has 0 bridgehead atoms. The zero-order chi connectivity index (χ0) is 12.3. The van der Waals surface area contributed by atoms with Gasteiger partial charge in [0.1, 0.15) is 0 Å². The third-order valence-electron chi connectivity index (χ3n) is 2.79. The van der Waals surface area contributed by atoms with E-state index in [1.807, 2.05) is 48.6 Å². The topological polar surface area (TPSA) is 17.1 Å². The van der Waals surface area contributed by atoms with E-state index in [2.05, 4.69) is 26.0 Å². The largest absolute Gasteiger partial charge is 0.289 e. The Balaban J connectivity index is 2.29. The van der Waals surface area contributed by atoms with Gasteiger partial charge in [-0.25, -0.2) is 0 Å². The van der Waals surface area contributed by atoms with Gasteiger partial charge in [-0.3, -0.25) is 4.79 Å². The molecule has 1 aromatic carbocycles. The normalized spacial score (nSPS) is 17.4. The van der Waals surface area contributed by atoms with Gasteiger partial charge in [-0.05, 0) is 0 Å². The summed E-state index contributed by atoms with van der Waals surface area (Å²) in [5, 5.41) is 0. The standard InChI is InChI=1S/C16H16O/c1-16(2)11-6-9-14(10-12-16)15(17)13-7-4-3-5-8-13/h3-12H,1-2H3. The van der Waals surface area contributed by atoms with E-state index < -0.39 is 0 Å². The van der Waals surface area contributed by atoms with E-state index in [1.54, 1.807) is 0 Å². The van der Waals surface area contributed by atoms with Crippen LogP contribution in [0.3, 0.4) is 0 Å². The van der Waals surface area contributed by atoms with E-state index in [1.165, 1.54) is 0 Å². The van der Waals surface area contributed by atoms with E-state index in [0.29, 0.717) is 0 Å². The second kappa shape index (κ2) is 4.54. The smallest absolute Gasteiger partial charge is 0.193 e. The van der Waals surface area contributed by atoms with Crippen LogP contribution in [0.5, 0.6) is 0 Å². The van der Waals surface area contributed by atoms with Gasteiger partial charge in [0.05, 0.1) is 0 Å². The van der Waals surface area contributed by atoms with Crippen LogP contribution in [-0.4, -0.2) is 5.78 Å². The molecule has 0 fully saturated rings. The van der Waals surface area contributed by atoms with Gasteiger partial charge in [-0.2, -0.15) is 0 Å². The molecule has 17 heavy (non-hydrogen) atoms. The second-order valence-electron chi connectivity index (χ2n) is 4.83. The summed E-state index contributed by atoms with van der Waals surface area (Å²) in [7, 11) is 0. The third-order valence-corrected chi connectivity index (χ3v) is 2.79. The molecule has 0 unspecified atom stereocenters. The average Bonchev–Trinajstić information content (AvgIpc) is 2.50. The van der Waals surface area contributed by atoms with E-state index in [-0.39, 0.29) is 11.2 Å². The van der Waals surface area contributed by atoms with Gasteiger partial charge in [0.25, 0.3) is 0 Å². The first kappa shape index (κ1) is 11.6. The molecule has 1 aliphatic rings. The molecule has 0 radical (unpaired) electrons. The lowest BCUT2D eigenvalue weighted by Gasteiger charge is -2.12. The molecule has 0 amide bonds. The lowest BCUT2D eigenvalue weighted by molar-refractivity contribution is 0.103. The summed E-state index contributed by atoms with van der Waals surface area (Å²) in [6, 6.07) is 9.37. The highest BCUT2D eigenvalue weighted by Crippen LogP contribution is 2.23. The van der Waals surface area contributed by atoms with Crippen molar-refractivity contribution in [3.8, 4) is 0 Å². The van der Waals surface area contributed by atoms with Crippen molar-refractivity contribution in [1.82, 2.24) is 0 Å². The van der Waals surface area contributed by atoms with Gasteiger partial charge < -0.3 is 0 Å². The number of carbonyl (C=O) groups excluding carboxylic acids is 1. The number of ketones is 1. The van der Waals surface area contributed by atoms with Gasteiger partial charge in [-0.15, -0.1) is 0 Å². The Bertz CT molecular complexity index is 502. The van der Waals surface area contributed by atoms with E-state index in [4.69, 9.17) is 0 Å². The van der Waals surface area contributed by atoms with Crippen molar-refractivity contribution in [1.29, 1.82) is 0 Å². The fraction of sp³-hybridized carbons (Fsp3) is 0.188. The summed E-state index contributed by atoms with van der Waals surface area (Å²) in [4.78, 5) is 12.2. The molecule has 0 saturated carbocycles. The van der Waals surface area contributed by atoms with Crippen LogP contribution in [-0.2, 0) is 0 Å². The molecule has 2 rings (SSSR count). The summed E-state index contributed by atoms with van der Waals surface area (Å²) < 4.78 is 0. The molecule has 1 aliphatic carbocycles. The van der Waals surface area contributed by atoms with Crippen LogP contribution >= 0.6 is 0 Å².